The highest BCUT2D eigenvalue weighted by Crippen LogP contribution is 2.20. The molecule has 0 aliphatic carbocycles. The van der Waals surface area contributed by atoms with Crippen LogP contribution >= 0.6 is 0 Å². The topological polar surface area (TPSA) is 42.7 Å². The normalized spacial score (nSPS) is 11.3. The molecule has 124 valence electrons. The van der Waals surface area contributed by atoms with E-state index in [1.54, 1.807) is 30.3 Å². The minimum Gasteiger partial charge on any atom is -0.497 e. The van der Waals surface area contributed by atoms with Crippen molar-refractivity contribution in [1.29, 1.82) is 0 Å². The first kappa shape index (κ1) is 16.9. The summed E-state index contributed by atoms with van der Waals surface area (Å²) in [6, 6.07) is 9.70. The number of hydrogen-bond donors (Lipinski definition) is 0. The molecule has 23 heavy (non-hydrogen) atoms. The van der Waals surface area contributed by atoms with Crippen LogP contribution in [-0.2, 0) is 17.8 Å². The van der Waals surface area contributed by atoms with Crippen molar-refractivity contribution in [3.05, 3.63) is 54.0 Å². The molecule has 2 aromatic rings. The van der Waals surface area contributed by atoms with Crippen LogP contribution in [0.1, 0.15) is 11.3 Å². The van der Waals surface area contributed by atoms with Crippen LogP contribution in [0.2, 0.25) is 0 Å². The van der Waals surface area contributed by atoms with E-state index in [-0.39, 0.29) is 13.0 Å². The number of rotatable bonds is 6. The third-order valence-electron chi connectivity index (χ3n) is 3.16. The zero-order valence-electron chi connectivity index (χ0n) is 12.5. The number of carbonyl (C=O) groups excluding carboxylic acids is 1. The number of carbonyl (C=O) groups is 1. The molecule has 0 aliphatic rings. The fourth-order valence-electron chi connectivity index (χ4n) is 2.07. The number of halogens is 3. The number of methoxy groups -OCH3 is 1. The SMILES string of the molecule is COc1ccc(CC(=O)N(Cc2ccco2)CC(F)(F)F)cc1. The maximum atomic E-state index is 12.7. The van der Waals surface area contributed by atoms with Gasteiger partial charge in [-0.25, -0.2) is 0 Å². The van der Waals surface area contributed by atoms with Crippen LogP contribution in [-0.4, -0.2) is 30.6 Å². The summed E-state index contributed by atoms with van der Waals surface area (Å²) in [5, 5.41) is 0. The summed E-state index contributed by atoms with van der Waals surface area (Å²) in [6.45, 7) is -1.54. The number of furan rings is 1. The van der Waals surface area contributed by atoms with Crippen molar-refractivity contribution in [2.45, 2.75) is 19.1 Å². The zero-order chi connectivity index (χ0) is 16.9. The molecule has 4 nitrogen and oxygen atoms in total. The maximum Gasteiger partial charge on any atom is 0.406 e. The molecule has 0 unspecified atom stereocenters. The molecule has 0 fully saturated rings. The van der Waals surface area contributed by atoms with Gasteiger partial charge in [0.15, 0.2) is 0 Å². The van der Waals surface area contributed by atoms with Crippen LogP contribution in [0, 0.1) is 0 Å². The fourth-order valence-corrected chi connectivity index (χ4v) is 2.07. The lowest BCUT2D eigenvalue weighted by atomic mass is 10.1. The quantitative estimate of drug-likeness (QED) is 0.816. The van der Waals surface area contributed by atoms with E-state index >= 15 is 0 Å². The Labute approximate surface area is 131 Å². The van der Waals surface area contributed by atoms with Gasteiger partial charge in [-0.15, -0.1) is 0 Å². The standard InChI is InChI=1S/C16H16F3NO3/c1-22-13-6-4-12(5-7-13)9-15(21)20(11-16(17,18)19)10-14-3-2-8-23-14/h2-8H,9-11H2,1H3. The van der Waals surface area contributed by atoms with Gasteiger partial charge in [-0.2, -0.15) is 13.2 Å². The second-order valence-corrected chi connectivity index (χ2v) is 4.97. The van der Waals surface area contributed by atoms with Gasteiger partial charge in [-0.3, -0.25) is 4.79 Å². The summed E-state index contributed by atoms with van der Waals surface area (Å²) in [5.41, 5.74) is 0.613. The van der Waals surface area contributed by atoms with Gasteiger partial charge in [0.25, 0.3) is 0 Å². The van der Waals surface area contributed by atoms with Gasteiger partial charge in [-0.1, -0.05) is 12.1 Å². The lowest BCUT2D eigenvalue weighted by Gasteiger charge is -2.23. The Bertz CT molecular complexity index is 621. The Balaban J connectivity index is 2.08. The number of amides is 1. The molecule has 1 aromatic heterocycles. The second-order valence-electron chi connectivity index (χ2n) is 4.97. The van der Waals surface area contributed by atoms with Crippen molar-refractivity contribution in [1.82, 2.24) is 4.90 Å². The summed E-state index contributed by atoms with van der Waals surface area (Å²) >= 11 is 0. The molecular formula is C16H16F3NO3. The first-order chi connectivity index (χ1) is 10.9. The molecule has 2 rings (SSSR count). The summed E-state index contributed by atoms with van der Waals surface area (Å²) < 4.78 is 48.1. The molecule has 0 radical (unpaired) electrons. The van der Waals surface area contributed by atoms with E-state index in [2.05, 4.69) is 0 Å². The Kier molecular flexibility index (Phi) is 5.31. The highest BCUT2D eigenvalue weighted by Gasteiger charge is 2.33. The largest absolute Gasteiger partial charge is 0.497 e. The minimum absolute atomic E-state index is 0.124. The smallest absolute Gasteiger partial charge is 0.406 e. The lowest BCUT2D eigenvalue weighted by Crippen LogP contribution is -2.39. The van der Waals surface area contributed by atoms with Gasteiger partial charge in [0, 0.05) is 0 Å². The number of alkyl halides is 3. The van der Waals surface area contributed by atoms with E-state index in [9.17, 15) is 18.0 Å². The summed E-state index contributed by atoms with van der Waals surface area (Å²) in [4.78, 5) is 13.0. The van der Waals surface area contributed by atoms with E-state index < -0.39 is 18.6 Å². The van der Waals surface area contributed by atoms with Crippen molar-refractivity contribution >= 4 is 5.91 Å². The van der Waals surface area contributed by atoms with Crippen molar-refractivity contribution < 1.29 is 27.1 Å². The van der Waals surface area contributed by atoms with Gasteiger partial charge in [0.05, 0.1) is 26.3 Å². The average Bonchev–Trinajstić information content (AvgIpc) is 2.99. The van der Waals surface area contributed by atoms with E-state index in [1.165, 1.54) is 19.4 Å². The van der Waals surface area contributed by atoms with Crippen molar-refractivity contribution in [2.75, 3.05) is 13.7 Å². The molecule has 0 aliphatic heterocycles. The summed E-state index contributed by atoms with van der Waals surface area (Å²) in [6.07, 6.45) is -3.24. The molecule has 7 heteroatoms. The van der Waals surface area contributed by atoms with Gasteiger partial charge in [0.1, 0.15) is 18.1 Å². The van der Waals surface area contributed by atoms with Crippen LogP contribution in [0.5, 0.6) is 5.75 Å². The van der Waals surface area contributed by atoms with Crippen LogP contribution in [0.25, 0.3) is 0 Å². The Morgan fingerprint density at radius 2 is 1.91 bits per heavy atom. The minimum atomic E-state index is -4.47. The average molecular weight is 327 g/mol. The third kappa shape index (κ3) is 5.36. The van der Waals surface area contributed by atoms with E-state index in [0.29, 0.717) is 17.1 Å². The zero-order valence-corrected chi connectivity index (χ0v) is 12.5. The molecular weight excluding hydrogens is 311 g/mol. The van der Waals surface area contributed by atoms with E-state index in [0.717, 1.165) is 4.90 Å². The molecule has 1 aromatic carbocycles. The number of hydrogen-bond acceptors (Lipinski definition) is 3. The molecule has 0 bridgehead atoms. The highest BCUT2D eigenvalue weighted by molar-refractivity contribution is 5.78. The van der Waals surface area contributed by atoms with Crippen molar-refractivity contribution in [3.63, 3.8) is 0 Å². The fraction of sp³-hybridized carbons (Fsp3) is 0.312. The highest BCUT2D eigenvalue weighted by atomic mass is 19.4. The first-order valence-corrected chi connectivity index (χ1v) is 6.87. The number of benzene rings is 1. The van der Waals surface area contributed by atoms with Crippen molar-refractivity contribution in [2.24, 2.45) is 0 Å². The van der Waals surface area contributed by atoms with Crippen LogP contribution in [0.15, 0.2) is 47.1 Å². The predicted octanol–water partition coefficient (Wildman–Crippen LogP) is 3.42. The first-order valence-electron chi connectivity index (χ1n) is 6.87. The lowest BCUT2D eigenvalue weighted by molar-refractivity contribution is -0.162. The Hall–Kier alpha value is -2.44. The van der Waals surface area contributed by atoms with Crippen LogP contribution in [0.3, 0.4) is 0 Å². The van der Waals surface area contributed by atoms with Gasteiger partial charge in [0.2, 0.25) is 5.91 Å². The van der Waals surface area contributed by atoms with Crippen LogP contribution in [0.4, 0.5) is 13.2 Å². The monoisotopic (exact) mass is 327 g/mol. The van der Waals surface area contributed by atoms with Crippen molar-refractivity contribution in [3.8, 4) is 5.75 Å². The molecule has 0 spiro atoms. The van der Waals surface area contributed by atoms with Gasteiger partial charge >= 0.3 is 6.18 Å². The number of ether oxygens (including phenoxy) is 1. The summed E-state index contributed by atoms with van der Waals surface area (Å²) in [5.74, 6) is 0.296. The number of nitrogens with zero attached hydrogens (tertiary/aromatic N) is 1. The van der Waals surface area contributed by atoms with Gasteiger partial charge < -0.3 is 14.1 Å². The molecule has 1 amide bonds. The Morgan fingerprint density at radius 1 is 1.22 bits per heavy atom. The molecule has 0 saturated heterocycles. The van der Waals surface area contributed by atoms with Gasteiger partial charge in [-0.05, 0) is 29.8 Å². The molecule has 0 atom stereocenters. The van der Waals surface area contributed by atoms with E-state index in [4.69, 9.17) is 9.15 Å². The predicted molar refractivity (Wildman–Crippen MR) is 76.9 cm³/mol. The summed E-state index contributed by atoms with van der Waals surface area (Å²) in [7, 11) is 1.51. The Morgan fingerprint density at radius 3 is 2.43 bits per heavy atom. The maximum absolute atomic E-state index is 12.7. The molecule has 0 N–H and O–H groups in total. The molecule has 1 heterocycles. The third-order valence-corrected chi connectivity index (χ3v) is 3.16. The molecule has 0 saturated carbocycles. The van der Waals surface area contributed by atoms with Crippen LogP contribution < -0.4 is 4.74 Å². The van der Waals surface area contributed by atoms with E-state index in [1.807, 2.05) is 0 Å². The second kappa shape index (κ2) is 7.21.